The lowest BCUT2D eigenvalue weighted by Crippen LogP contribution is -2.43. The number of hydrogen-bond donors (Lipinski definition) is 2. The summed E-state index contributed by atoms with van der Waals surface area (Å²) in [6.07, 6.45) is 3.07. The quantitative estimate of drug-likeness (QED) is 0.855. The normalized spacial score (nSPS) is 25.2. The Bertz CT molecular complexity index is 563. The van der Waals surface area contributed by atoms with E-state index in [9.17, 15) is 9.59 Å². The lowest BCUT2D eigenvalue weighted by atomic mass is 10.0. The molecule has 0 spiro atoms. The third-order valence-electron chi connectivity index (χ3n) is 4.42. The molecule has 2 atom stereocenters. The molecule has 2 aliphatic heterocycles. The number of hydrogen-bond acceptors (Lipinski definition) is 4. The fourth-order valence-corrected chi connectivity index (χ4v) is 3.14. The Morgan fingerprint density at radius 2 is 2.32 bits per heavy atom. The summed E-state index contributed by atoms with van der Waals surface area (Å²) in [5.41, 5.74) is 1.33. The van der Waals surface area contributed by atoms with Crippen LogP contribution in [-0.2, 0) is 9.53 Å². The number of carbonyl (C=O) groups excluding carboxylic acids is 2. The van der Waals surface area contributed by atoms with E-state index in [1.165, 1.54) is 6.20 Å². The second-order valence-corrected chi connectivity index (χ2v) is 6.20. The molecule has 0 unspecified atom stereocenters. The van der Waals surface area contributed by atoms with Crippen molar-refractivity contribution in [1.29, 1.82) is 0 Å². The van der Waals surface area contributed by atoms with Gasteiger partial charge in [0.25, 0.3) is 5.91 Å². The fraction of sp³-hybridized carbons (Fsp3) is 0.667. The fourth-order valence-electron chi connectivity index (χ4n) is 3.14. The Morgan fingerprint density at radius 1 is 1.50 bits per heavy atom. The number of aromatic amines is 1. The maximum absolute atomic E-state index is 12.5. The van der Waals surface area contributed by atoms with Gasteiger partial charge in [0.1, 0.15) is 6.04 Å². The van der Waals surface area contributed by atoms with Crippen LogP contribution in [-0.4, -0.2) is 58.8 Å². The number of carbonyl (C=O) groups is 2. The Morgan fingerprint density at radius 3 is 2.95 bits per heavy atom. The molecule has 0 aromatic carbocycles. The van der Waals surface area contributed by atoms with Crippen LogP contribution in [0.5, 0.6) is 0 Å². The molecule has 2 saturated heterocycles. The summed E-state index contributed by atoms with van der Waals surface area (Å²) >= 11 is 0. The molecule has 0 bridgehead atoms. The largest absolute Gasteiger partial charge is 0.381 e. The van der Waals surface area contributed by atoms with Crippen molar-refractivity contribution in [2.45, 2.75) is 44.7 Å². The van der Waals surface area contributed by atoms with Crippen molar-refractivity contribution >= 4 is 11.8 Å². The monoisotopic (exact) mass is 306 g/mol. The van der Waals surface area contributed by atoms with Gasteiger partial charge >= 0.3 is 0 Å². The van der Waals surface area contributed by atoms with Gasteiger partial charge in [-0.3, -0.25) is 14.7 Å². The molecular weight excluding hydrogens is 284 g/mol. The Kier molecular flexibility index (Phi) is 4.15. The summed E-state index contributed by atoms with van der Waals surface area (Å²) in [5.74, 6) is -0.0631. The molecule has 2 fully saturated rings. The zero-order valence-electron chi connectivity index (χ0n) is 13.0. The maximum Gasteiger partial charge on any atom is 0.255 e. The number of likely N-dealkylation sites (tertiary alicyclic amines) is 1. The second-order valence-electron chi connectivity index (χ2n) is 6.20. The number of ether oxygens (including phenoxy) is 1. The highest BCUT2D eigenvalue weighted by molar-refractivity contribution is 5.98. The summed E-state index contributed by atoms with van der Waals surface area (Å²) < 4.78 is 5.37. The van der Waals surface area contributed by atoms with E-state index in [1.54, 1.807) is 4.90 Å². The Hall–Kier alpha value is -1.89. The second kappa shape index (κ2) is 6.08. The first-order valence-corrected chi connectivity index (χ1v) is 7.80. The minimum Gasteiger partial charge on any atom is -0.381 e. The summed E-state index contributed by atoms with van der Waals surface area (Å²) in [4.78, 5) is 26.5. The molecule has 0 saturated carbocycles. The predicted octanol–water partition coefficient (Wildman–Crippen LogP) is 0.653. The van der Waals surface area contributed by atoms with Crippen LogP contribution in [0.4, 0.5) is 0 Å². The molecule has 7 nitrogen and oxygen atoms in total. The lowest BCUT2D eigenvalue weighted by Gasteiger charge is -2.21. The van der Waals surface area contributed by atoms with Crippen molar-refractivity contribution in [2.24, 2.45) is 0 Å². The summed E-state index contributed by atoms with van der Waals surface area (Å²) in [6, 6.07) is -0.271. The molecule has 0 radical (unpaired) electrons. The third kappa shape index (κ3) is 2.72. The average molecular weight is 306 g/mol. The van der Waals surface area contributed by atoms with Crippen molar-refractivity contribution in [3.63, 3.8) is 0 Å². The van der Waals surface area contributed by atoms with Gasteiger partial charge in [-0.1, -0.05) is 0 Å². The van der Waals surface area contributed by atoms with E-state index in [0.717, 1.165) is 12.1 Å². The smallest absolute Gasteiger partial charge is 0.255 e. The van der Waals surface area contributed by atoms with Gasteiger partial charge in [-0.25, -0.2) is 0 Å². The lowest BCUT2D eigenvalue weighted by molar-refractivity contribution is -0.130. The van der Waals surface area contributed by atoms with E-state index in [1.807, 2.05) is 13.8 Å². The number of nitrogens with zero attached hydrogens (tertiary/aromatic N) is 2. The summed E-state index contributed by atoms with van der Waals surface area (Å²) in [5, 5.41) is 9.74. The Balaban J connectivity index is 1.68. The first kappa shape index (κ1) is 15.0. The van der Waals surface area contributed by atoms with E-state index in [-0.39, 0.29) is 23.8 Å². The minimum absolute atomic E-state index is 0.00223. The molecule has 1 aromatic rings. The van der Waals surface area contributed by atoms with Crippen LogP contribution in [0, 0.1) is 0 Å². The maximum atomic E-state index is 12.5. The zero-order valence-corrected chi connectivity index (χ0v) is 13.0. The number of nitrogens with one attached hydrogen (secondary N) is 2. The molecule has 2 N–H and O–H groups in total. The molecule has 0 aliphatic carbocycles. The molecule has 7 heteroatoms. The average Bonchev–Trinajstić information content (AvgIpc) is 3.18. The third-order valence-corrected chi connectivity index (χ3v) is 4.42. The Labute approximate surface area is 129 Å². The van der Waals surface area contributed by atoms with E-state index < -0.39 is 6.04 Å². The van der Waals surface area contributed by atoms with Crippen molar-refractivity contribution in [3.05, 3.63) is 17.5 Å². The molecule has 120 valence electrons. The van der Waals surface area contributed by atoms with Gasteiger partial charge in [-0.2, -0.15) is 5.10 Å². The van der Waals surface area contributed by atoms with E-state index in [4.69, 9.17) is 4.74 Å². The van der Waals surface area contributed by atoms with Crippen molar-refractivity contribution < 1.29 is 14.3 Å². The van der Waals surface area contributed by atoms with Crippen LogP contribution in [0.1, 0.15) is 48.7 Å². The van der Waals surface area contributed by atoms with Crippen LogP contribution >= 0.6 is 0 Å². The van der Waals surface area contributed by atoms with Gasteiger partial charge in [0, 0.05) is 25.1 Å². The van der Waals surface area contributed by atoms with Crippen molar-refractivity contribution in [3.8, 4) is 0 Å². The molecule has 2 amide bonds. The molecule has 2 aliphatic rings. The molecular formula is C15H22N4O3. The molecule has 3 rings (SSSR count). The van der Waals surface area contributed by atoms with E-state index >= 15 is 0 Å². The van der Waals surface area contributed by atoms with Crippen molar-refractivity contribution in [1.82, 2.24) is 20.4 Å². The number of aromatic nitrogens is 2. The minimum atomic E-state index is -0.433. The molecule has 1 aromatic heterocycles. The van der Waals surface area contributed by atoms with Gasteiger partial charge in [-0.15, -0.1) is 0 Å². The first-order valence-electron chi connectivity index (χ1n) is 7.80. The van der Waals surface area contributed by atoms with Crippen LogP contribution < -0.4 is 5.32 Å². The SMILES string of the molecule is CC(C)N1CC[C@@H](NC(=O)c2cn[nH]c2[C@@H]2CCOC2)C1=O. The summed E-state index contributed by atoms with van der Waals surface area (Å²) in [7, 11) is 0. The topological polar surface area (TPSA) is 87.3 Å². The van der Waals surface area contributed by atoms with Crippen LogP contribution in [0.2, 0.25) is 0 Å². The van der Waals surface area contributed by atoms with Gasteiger partial charge < -0.3 is 15.0 Å². The highest BCUT2D eigenvalue weighted by Crippen LogP contribution is 2.26. The van der Waals surface area contributed by atoms with E-state index in [2.05, 4.69) is 15.5 Å². The molecule has 3 heterocycles. The van der Waals surface area contributed by atoms with Crippen LogP contribution in [0.15, 0.2) is 6.20 Å². The first-order chi connectivity index (χ1) is 10.6. The van der Waals surface area contributed by atoms with E-state index in [0.29, 0.717) is 31.7 Å². The van der Waals surface area contributed by atoms with Crippen LogP contribution in [0.3, 0.4) is 0 Å². The standard InChI is InChI=1S/C15H22N4O3/c1-9(2)19-5-3-12(15(19)21)17-14(20)11-7-16-18-13(11)10-4-6-22-8-10/h7,9-10,12H,3-6,8H2,1-2H3,(H,16,18)(H,17,20)/t10-,12-/m1/s1. The number of amides is 2. The summed E-state index contributed by atoms with van der Waals surface area (Å²) in [6.45, 7) is 5.96. The highest BCUT2D eigenvalue weighted by Gasteiger charge is 2.35. The van der Waals surface area contributed by atoms with Crippen molar-refractivity contribution in [2.75, 3.05) is 19.8 Å². The van der Waals surface area contributed by atoms with Gasteiger partial charge in [-0.05, 0) is 26.7 Å². The number of rotatable bonds is 4. The predicted molar refractivity (Wildman–Crippen MR) is 79.5 cm³/mol. The molecule has 22 heavy (non-hydrogen) atoms. The van der Waals surface area contributed by atoms with Crippen LogP contribution in [0.25, 0.3) is 0 Å². The highest BCUT2D eigenvalue weighted by atomic mass is 16.5. The zero-order chi connectivity index (χ0) is 15.7. The van der Waals surface area contributed by atoms with Gasteiger partial charge in [0.15, 0.2) is 0 Å². The number of H-pyrrole nitrogens is 1. The van der Waals surface area contributed by atoms with Gasteiger partial charge in [0.2, 0.25) is 5.91 Å². The van der Waals surface area contributed by atoms with Gasteiger partial charge in [0.05, 0.1) is 24.1 Å².